The molecule has 72 heavy (non-hydrogen) atoms. The minimum absolute atomic E-state index is 0. The van der Waals surface area contributed by atoms with Gasteiger partial charge in [-0.25, -0.2) is 4.98 Å². The van der Waals surface area contributed by atoms with Gasteiger partial charge in [0.25, 0.3) is 0 Å². The minimum atomic E-state index is -0.0330. The molecule has 0 saturated carbocycles. The van der Waals surface area contributed by atoms with Crippen molar-refractivity contribution in [2.24, 2.45) is 0 Å². The second-order valence-electron chi connectivity index (χ2n) is 21.9. The van der Waals surface area contributed by atoms with Gasteiger partial charge in [-0.1, -0.05) is 175 Å². The summed E-state index contributed by atoms with van der Waals surface area (Å²) in [5, 5.41) is 9.38. The SMILES string of the molecule is CC(C)(C)c1ccnc(-n2c3[c-]c(Oc4[c-]c(N5[CH-]n6c7c(-c8ccc9c(c8)C(C)(C)CCC9(C)C)cccc7c7ccccc7c7ccccc7c7cccc5c76)ccc4)ccc3c3ccccc32)c1.[Pt]. The molecule has 3 aromatic heterocycles. The topological polar surface area (TPSA) is 35.2 Å². The number of ether oxygens (including phenoxy) is 1. The molecule has 1 aliphatic carbocycles. The number of hydrogen-bond acceptors (Lipinski definition) is 3. The zero-order valence-corrected chi connectivity index (χ0v) is 44.0. The summed E-state index contributed by atoms with van der Waals surface area (Å²) in [5.41, 5.74) is 12.9. The summed E-state index contributed by atoms with van der Waals surface area (Å²) in [6, 6.07) is 69.2. The fourth-order valence-corrected chi connectivity index (χ4v) is 11.6. The molecule has 0 unspecified atom stereocenters. The van der Waals surface area contributed by atoms with Crippen LogP contribution < -0.4 is 9.64 Å². The maximum Gasteiger partial charge on any atom is 0.135 e. The van der Waals surface area contributed by atoms with Gasteiger partial charge >= 0.3 is 0 Å². The van der Waals surface area contributed by atoms with E-state index in [1.807, 2.05) is 18.3 Å². The van der Waals surface area contributed by atoms with Gasteiger partial charge < -0.3 is 18.8 Å². The number of hydrogen-bond donors (Lipinski definition) is 0. The van der Waals surface area contributed by atoms with E-state index in [0.717, 1.165) is 61.8 Å². The first-order valence-corrected chi connectivity index (χ1v) is 25.0. The van der Waals surface area contributed by atoms with Gasteiger partial charge in [-0.15, -0.1) is 35.7 Å². The Balaban J connectivity index is 0.00000530. The van der Waals surface area contributed by atoms with Gasteiger partial charge in [0, 0.05) is 50.0 Å². The molecule has 0 N–H and O–H groups in total. The summed E-state index contributed by atoms with van der Waals surface area (Å²) in [4.78, 5) is 7.17. The number of benzene rings is 8. The van der Waals surface area contributed by atoms with Gasteiger partial charge in [-0.05, 0) is 137 Å². The van der Waals surface area contributed by atoms with Crippen molar-refractivity contribution in [2.75, 3.05) is 4.90 Å². The second-order valence-corrected chi connectivity index (χ2v) is 21.9. The molecule has 0 amide bonds. The van der Waals surface area contributed by atoms with E-state index in [-0.39, 0.29) is 37.3 Å². The number of fused-ring (bicyclic) bond motifs is 11. The molecular formula is C66H55N4OPt-3. The average molecular weight is 1120 g/mol. The molecule has 358 valence electrons. The van der Waals surface area contributed by atoms with Crippen LogP contribution in [0, 0.1) is 18.8 Å². The van der Waals surface area contributed by atoms with Gasteiger partial charge in [0.05, 0.1) is 0 Å². The summed E-state index contributed by atoms with van der Waals surface area (Å²) in [6.45, 7) is 18.6. The molecule has 1 aliphatic heterocycles. The van der Waals surface area contributed by atoms with Crippen LogP contribution in [-0.4, -0.2) is 14.1 Å². The molecule has 0 bridgehead atoms. The minimum Gasteiger partial charge on any atom is -0.509 e. The zero-order valence-electron chi connectivity index (χ0n) is 41.7. The number of aromatic nitrogens is 3. The van der Waals surface area contributed by atoms with Crippen molar-refractivity contribution < 1.29 is 25.8 Å². The molecule has 0 fully saturated rings. The van der Waals surface area contributed by atoms with E-state index in [4.69, 9.17) is 9.72 Å². The smallest absolute Gasteiger partial charge is 0.135 e. The standard InChI is InChI=1S/C66H55N4O.Pt/c1-64(2,3)43-33-36-67-61(38-43)70-58-27-13-12-23-52(58)53-31-30-46(40-60(53)70)71-45-18-14-17-44(39-45)68-41-69-62-47(42-29-32-56-57(37-42)66(6,7)35-34-65(56,4)5)24-15-25-54(62)50-21-10-8-19-48(50)49-20-9-11-22-51(49)55-26-16-28-59(68)63(55)69;/h8-33,36-38,41H,34-35H2,1-7H3;/q-3;. The van der Waals surface area contributed by atoms with E-state index in [1.165, 1.54) is 61.2 Å². The van der Waals surface area contributed by atoms with Crippen molar-refractivity contribution >= 4 is 76.5 Å². The Hall–Kier alpha value is -7.33. The Bertz CT molecular complexity index is 4070. The third-order valence-corrected chi connectivity index (χ3v) is 15.5. The normalized spacial score (nSPS) is 14.7. The van der Waals surface area contributed by atoms with Crippen LogP contribution in [0.15, 0.2) is 176 Å². The Morgan fingerprint density at radius 3 is 1.89 bits per heavy atom. The van der Waals surface area contributed by atoms with Crippen molar-refractivity contribution in [3.05, 3.63) is 212 Å². The fraction of sp³-hybridized carbons (Fsp3) is 0.182. The van der Waals surface area contributed by atoms with E-state index < -0.39 is 0 Å². The quantitative estimate of drug-likeness (QED) is 0.161. The molecule has 4 heterocycles. The molecular weight excluding hydrogens is 1060 g/mol. The molecule has 0 spiro atoms. The van der Waals surface area contributed by atoms with E-state index in [0.29, 0.717) is 11.5 Å². The van der Waals surface area contributed by atoms with Crippen LogP contribution in [0.1, 0.15) is 78.0 Å². The number of para-hydroxylation sites is 3. The molecule has 0 saturated heterocycles. The Kier molecular flexibility index (Phi) is 10.7. The summed E-state index contributed by atoms with van der Waals surface area (Å²) < 4.78 is 11.4. The largest absolute Gasteiger partial charge is 0.509 e. The Labute approximate surface area is 436 Å². The molecule has 0 atom stereocenters. The van der Waals surface area contributed by atoms with Crippen LogP contribution in [0.3, 0.4) is 0 Å². The number of rotatable bonds is 5. The van der Waals surface area contributed by atoms with Crippen LogP contribution in [-0.2, 0) is 37.3 Å². The number of nitrogens with zero attached hydrogens (tertiary/aromatic N) is 4. The monoisotopic (exact) mass is 1110 g/mol. The molecule has 2 aliphatic rings. The predicted octanol–water partition coefficient (Wildman–Crippen LogP) is 17.5. The molecule has 0 radical (unpaired) electrons. The first-order valence-electron chi connectivity index (χ1n) is 25.0. The Morgan fingerprint density at radius 1 is 0.556 bits per heavy atom. The molecule has 8 aromatic carbocycles. The maximum absolute atomic E-state index is 6.78. The van der Waals surface area contributed by atoms with Crippen molar-refractivity contribution in [1.82, 2.24) is 14.1 Å². The summed E-state index contributed by atoms with van der Waals surface area (Å²) in [6.07, 6.45) is 4.24. The maximum atomic E-state index is 6.78. The summed E-state index contributed by atoms with van der Waals surface area (Å²) in [7, 11) is 0. The fourth-order valence-electron chi connectivity index (χ4n) is 11.6. The Morgan fingerprint density at radius 2 is 1.17 bits per heavy atom. The van der Waals surface area contributed by atoms with Crippen molar-refractivity contribution in [1.29, 1.82) is 0 Å². The van der Waals surface area contributed by atoms with Gasteiger partial charge in [0.1, 0.15) is 5.82 Å². The van der Waals surface area contributed by atoms with Crippen LogP contribution in [0.2, 0.25) is 0 Å². The first kappa shape index (κ1) is 45.8. The summed E-state index contributed by atoms with van der Waals surface area (Å²) >= 11 is 0. The van der Waals surface area contributed by atoms with Crippen LogP contribution >= 0.6 is 0 Å². The van der Waals surface area contributed by atoms with Crippen molar-refractivity contribution in [3.63, 3.8) is 0 Å². The van der Waals surface area contributed by atoms with Crippen molar-refractivity contribution in [2.45, 2.75) is 77.6 Å². The summed E-state index contributed by atoms with van der Waals surface area (Å²) in [5.74, 6) is 2.05. The third-order valence-electron chi connectivity index (χ3n) is 15.5. The molecule has 11 aromatic rings. The van der Waals surface area contributed by atoms with Gasteiger partial charge in [-0.3, -0.25) is 0 Å². The third kappa shape index (κ3) is 7.30. The van der Waals surface area contributed by atoms with E-state index >= 15 is 0 Å². The zero-order chi connectivity index (χ0) is 48.4. The molecule has 13 rings (SSSR count). The van der Waals surface area contributed by atoms with Crippen LogP contribution in [0.4, 0.5) is 11.4 Å². The van der Waals surface area contributed by atoms with Gasteiger partial charge in [-0.2, -0.15) is 12.1 Å². The number of anilines is 2. The average Bonchev–Trinajstić information content (AvgIpc) is 3.94. The van der Waals surface area contributed by atoms with E-state index in [2.05, 4.69) is 239 Å². The van der Waals surface area contributed by atoms with Crippen LogP contribution in [0.5, 0.6) is 11.5 Å². The molecule has 5 nitrogen and oxygen atoms in total. The van der Waals surface area contributed by atoms with Crippen molar-refractivity contribution in [3.8, 4) is 28.4 Å². The predicted molar refractivity (Wildman–Crippen MR) is 296 cm³/mol. The van der Waals surface area contributed by atoms with E-state index in [9.17, 15) is 0 Å². The van der Waals surface area contributed by atoms with Gasteiger partial charge in [0.2, 0.25) is 0 Å². The molecule has 6 heteroatoms. The first-order chi connectivity index (χ1) is 34.3. The van der Waals surface area contributed by atoms with Gasteiger partial charge in [0.15, 0.2) is 0 Å². The number of pyridine rings is 1. The van der Waals surface area contributed by atoms with Crippen LogP contribution in [0.25, 0.3) is 82.1 Å². The van der Waals surface area contributed by atoms with E-state index in [1.54, 1.807) is 0 Å². The second kappa shape index (κ2) is 16.9.